The predicted molar refractivity (Wildman–Crippen MR) is 53.6 cm³/mol. The van der Waals surface area contributed by atoms with Gasteiger partial charge in [0.2, 0.25) is 0 Å². The normalized spacial score (nSPS) is 7.92. The Morgan fingerprint density at radius 1 is 1.25 bits per heavy atom. The second kappa shape index (κ2) is 6.40. The van der Waals surface area contributed by atoms with Crippen LogP contribution in [0.15, 0.2) is 29.3 Å². The molecule has 0 amide bonds. The van der Waals surface area contributed by atoms with Crippen molar-refractivity contribution >= 4 is 12.4 Å². The van der Waals surface area contributed by atoms with Crippen molar-refractivity contribution in [2.75, 3.05) is 7.11 Å². The predicted octanol–water partition coefficient (Wildman–Crippen LogP) is 3.05. The lowest BCUT2D eigenvalue weighted by atomic mass is 10.3. The average molecular weight is 165 g/mol. The van der Waals surface area contributed by atoms with E-state index >= 15 is 0 Å². The fraction of sp³-hybridized carbons (Fsp3) is 0.300. The van der Waals surface area contributed by atoms with Crippen LogP contribution in [0.1, 0.15) is 13.8 Å². The summed E-state index contributed by atoms with van der Waals surface area (Å²) in [6, 6.07) is 7.50. The third-order valence-electron chi connectivity index (χ3n) is 1.26. The second-order valence-electron chi connectivity index (χ2n) is 1.83. The molecule has 0 N–H and O–H groups in total. The first-order chi connectivity index (χ1) is 5.88. The van der Waals surface area contributed by atoms with E-state index in [1.165, 1.54) is 0 Å². The molecule has 2 nitrogen and oxygen atoms in total. The number of benzene rings is 1. The summed E-state index contributed by atoms with van der Waals surface area (Å²) in [7, 11) is 1.62. The summed E-state index contributed by atoms with van der Waals surface area (Å²) >= 11 is 0. The van der Waals surface area contributed by atoms with Crippen LogP contribution in [0.3, 0.4) is 0 Å². The molecule has 0 atom stereocenters. The molecule has 0 bridgehead atoms. The number of aliphatic imine (C=N–C) groups is 1. The third kappa shape index (κ3) is 2.74. The van der Waals surface area contributed by atoms with Gasteiger partial charge in [-0.05, 0) is 18.9 Å². The number of hydrogen-bond donors (Lipinski definition) is 0. The van der Waals surface area contributed by atoms with E-state index in [4.69, 9.17) is 4.74 Å². The monoisotopic (exact) mass is 165 g/mol. The Hall–Kier alpha value is -1.31. The standard InChI is InChI=1S/C8H9NO.C2H6/c1-9-7-5-3-4-6-8(7)10-2;1-2/h3-6H,1H2,2H3;1-2H3. The summed E-state index contributed by atoms with van der Waals surface area (Å²) in [5, 5.41) is 0. The molecule has 0 saturated carbocycles. The number of para-hydroxylation sites is 2. The smallest absolute Gasteiger partial charge is 0.144 e. The van der Waals surface area contributed by atoms with Crippen molar-refractivity contribution < 1.29 is 4.74 Å². The van der Waals surface area contributed by atoms with Crippen molar-refractivity contribution in [2.24, 2.45) is 4.99 Å². The first-order valence-corrected chi connectivity index (χ1v) is 3.98. The highest BCUT2D eigenvalue weighted by Crippen LogP contribution is 2.24. The molecule has 0 spiro atoms. The molecule has 1 aromatic carbocycles. The maximum Gasteiger partial charge on any atom is 0.144 e. The SMILES string of the molecule is C=Nc1ccccc1OC.CC. The van der Waals surface area contributed by atoms with Crippen LogP contribution in [-0.4, -0.2) is 13.8 Å². The maximum absolute atomic E-state index is 5.00. The Bertz CT molecular complexity index is 233. The molecule has 0 aliphatic carbocycles. The van der Waals surface area contributed by atoms with Crippen LogP contribution >= 0.6 is 0 Å². The molecule has 2 heteroatoms. The topological polar surface area (TPSA) is 21.6 Å². The molecular formula is C10H15NO. The van der Waals surface area contributed by atoms with Crippen LogP contribution in [0, 0.1) is 0 Å². The molecule has 1 rings (SSSR count). The van der Waals surface area contributed by atoms with E-state index < -0.39 is 0 Å². The van der Waals surface area contributed by atoms with E-state index in [9.17, 15) is 0 Å². The highest BCUT2D eigenvalue weighted by Gasteiger charge is 1.94. The Kier molecular flexibility index (Phi) is 5.70. The lowest BCUT2D eigenvalue weighted by molar-refractivity contribution is 0.416. The molecule has 0 heterocycles. The van der Waals surface area contributed by atoms with Crippen LogP contribution in [0.25, 0.3) is 0 Å². The Labute approximate surface area is 73.9 Å². The van der Waals surface area contributed by atoms with Gasteiger partial charge in [-0.1, -0.05) is 26.0 Å². The average Bonchev–Trinajstić information content (AvgIpc) is 2.20. The van der Waals surface area contributed by atoms with Gasteiger partial charge in [0.1, 0.15) is 11.4 Å². The molecule has 1 aromatic rings. The lowest BCUT2D eigenvalue weighted by Gasteiger charge is -2.00. The van der Waals surface area contributed by atoms with E-state index in [1.807, 2.05) is 38.1 Å². The zero-order valence-electron chi connectivity index (χ0n) is 7.87. The third-order valence-corrected chi connectivity index (χ3v) is 1.26. The molecule has 0 unspecified atom stereocenters. The van der Waals surface area contributed by atoms with Crippen LogP contribution in [-0.2, 0) is 0 Å². The van der Waals surface area contributed by atoms with Crippen molar-refractivity contribution in [3.05, 3.63) is 24.3 Å². The van der Waals surface area contributed by atoms with E-state index in [0.717, 1.165) is 11.4 Å². The van der Waals surface area contributed by atoms with E-state index in [2.05, 4.69) is 11.7 Å². The van der Waals surface area contributed by atoms with Crippen LogP contribution in [0.4, 0.5) is 5.69 Å². The molecular weight excluding hydrogens is 150 g/mol. The van der Waals surface area contributed by atoms with E-state index in [0.29, 0.717) is 0 Å². The molecule has 0 aromatic heterocycles. The Morgan fingerprint density at radius 3 is 2.25 bits per heavy atom. The summed E-state index contributed by atoms with van der Waals surface area (Å²) in [6.07, 6.45) is 0. The summed E-state index contributed by atoms with van der Waals surface area (Å²) in [5.74, 6) is 0.762. The molecule has 0 saturated heterocycles. The molecule has 0 radical (unpaired) electrons. The van der Waals surface area contributed by atoms with Crippen LogP contribution in [0.2, 0.25) is 0 Å². The maximum atomic E-state index is 5.00. The highest BCUT2D eigenvalue weighted by molar-refractivity contribution is 5.55. The molecule has 0 aliphatic rings. The largest absolute Gasteiger partial charge is 0.494 e. The van der Waals surface area contributed by atoms with Gasteiger partial charge in [0.25, 0.3) is 0 Å². The number of ether oxygens (including phenoxy) is 1. The minimum atomic E-state index is 0.762. The summed E-state index contributed by atoms with van der Waals surface area (Å²) in [4.78, 5) is 3.77. The van der Waals surface area contributed by atoms with Gasteiger partial charge >= 0.3 is 0 Å². The van der Waals surface area contributed by atoms with Gasteiger partial charge < -0.3 is 4.74 Å². The lowest BCUT2D eigenvalue weighted by Crippen LogP contribution is -1.81. The van der Waals surface area contributed by atoms with Gasteiger partial charge in [0.05, 0.1) is 7.11 Å². The van der Waals surface area contributed by atoms with Gasteiger partial charge in [0, 0.05) is 0 Å². The van der Waals surface area contributed by atoms with Gasteiger partial charge in [-0.3, -0.25) is 4.99 Å². The minimum absolute atomic E-state index is 0.762. The molecule has 0 fully saturated rings. The van der Waals surface area contributed by atoms with Gasteiger partial charge in [-0.2, -0.15) is 0 Å². The summed E-state index contributed by atoms with van der Waals surface area (Å²) < 4.78 is 5.00. The minimum Gasteiger partial charge on any atom is -0.494 e. The first kappa shape index (κ1) is 10.7. The Balaban J connectivity index is 0.000000561. The van der Waals surface area contributed by atoms with Gasteiger partial charge in [-0.25, -0.2) is 0 Å². The molecule has 12 heavy (non-hydrogen) atoms. The van der Waals surface area contributed by atoms with Crippen LogP contribution < -0.4 is 4.74 Å². The van der Waals surface area contributed by atoms with Crippen molar-refractivity contribution in [3.63, 3.8) is 0 Å². The zero-order valence-corrected chi connectivity index (χ0v) is 7.87. The van der Waals surface area contributed by atoms with Gasteiger partial charge in [0.15, 0.2) is 0 Å². The highest BCUT2D eigenvalue weighted by atomic mass is 16.5. The van der Waals surface area contributed by atoms with Crippen molar-refractivity contribution in [3.8, 4) is 5.75 Å². The quantitative estimate of drug-likeness (QED) is 0.617. The fourth-order valence-electron chi connectivity index (χ4n) is 0.760. The van der Waals surface area contributed by atoms with E-state index in [-0.39, 0.29) is 0 Å². The second-order valence-corrected chi connectivity index (χ2v) is 1.83. The van der Waals surface area contributed by atoms with Crippen LogP contribution in [0.5, 0.6) is 5.75 Å². The number of methoxy groups -OCH3 is 1. The number of rotatable bonds is 2. The van der Waals surface area contributed by atoms with Crippen molar-refractivity contribution in [1.82, 2.24) is 0 Å². The molecule has 66 valence electrons. The molecule has 0 aliphatic heterocycles. The zero-order chi connectivity index (χ0) is 9.40. The summed E-state index contributed by atoms with van der Waals surface area (Å²) in [6.45, 7) is 7.41. The number of hydrogen-bond acceptors (Lipinski definition) is 2. The number of nitrogens with zero attached hydrogens (tertiary/aromatic N) is 1. The summed E-state index contributed by atoms with van der Waals surface area (Å²) in [5.41, 5.74) is 0.782. The van der Waals surface area contributed by atoms with Gasteiger partial charge in [-0.15, -0.1) is 0 Å². The van der Waals surface area contributed by atoms with Crippen molar-refractivity contribution in [1.29, 1.82) is 0 Å². The van der Waals surface area contributed by atoms with Crippen molar-refractivity contribution in [2.45, 2.75) is 13.8 Å². The fourth-order valence-corrected chi connectivity index (χ4v) is 0.760. The first-order valence-electron chi connectivity index (χ1n) is 3.98. The Morgan fingerprint density at radius 2 is 1.83 bits per heavy atom. The van der Waals surface area contributed by atoms with E-state index in [1.54, 1.807) is 7.11 Å².